The molecule has 1 amide bonds. The summed E-state index contributed by atoms with van der Waals surface area (Å²) in [5.74, 6) is -0.179. The summed E-state index contributed by atoms with van der Waals surface area (Å²) in [5, 5.41) is 13.9. The molecule has 0 saturated heterocycles. The molecule has 3 atom stereocenters. The lowest BCUT2D eigenvalue weighted by molar-refractivity contribution is -0.870. The number of nitrogens with zero attached hydrogens (tertiary/aromatic N) is 1. The number of quaternary nitrogens is 1. The summed E-state index contributed by atoms with van der Waals surface area (Å²) in [6, 6.07) is -0.849. The number of unbranched alkanes of at least 4 members (excludes halogenated alkanes) is 35. The Morgan fingerprint density at radius 3 is 1.27 bits per heavy atom. The van der Waals surface area contributed by atoms with Crippen molar-refractivity contribution in [3.05, 3.63) is 36.5 Å². The van der Waals surface area contributed by atoms with E-state index in [1.54, 1.807) is 6.08 Å². The first kappa shape index (κ1) is 64.7. The highest BCUT2D eigenvalue weighted by Crippen LogP contribution is 2.43. The monoisotopic (exact) mass is 952 g/mol. The van der Waals surface area contributed by atoms with Gasteiger partial charge in [-0.15, -0.1) is 0 Å². The number of nitrogens with one attached hydrogen (secondary N) is 1. The lowest BCUT2D eigenvalue weighted by Crippen LogP contribution is -2.45. The smallest absolute Gasteiger partial charge is 0.387 e. The molecule has 0 aromatic heterocycles. The van der Waals surface area contributed by atoms with Crippen LogP contribution in [0.5, 0.6) is 0 Å². The molecule has 390 valence electrons. The number of likely N-dealkylation sites (N-methyl/N-ethyl adjacent to an activating group) is 1. The number of phosphoric ester groups is 1. The zero-order valence-electron chi connectivity index (χ0n) is 44.4. The largest absolute Gasteiger partial charge is 0.472 e. The minimum absolute atomic E-state index is 0.0610. The maximum absolute atomic E-state index is 13.0. The predicted octanol–water partition coefficient (Wildman–Crippen LogP) is 17.0. The fourth-order valence-electron chi connectivity index (χ4n) is 8.37. The van der Waals surface area contributed by atoms with Crippen molar-refractivity contribution in [3.8, 4) is 0 Å². The van der Waals surface area contributed by atoms with Crippen LogP contribution in [0.3, 0.4) is 0 Å². The molecule has 0 spiro atoms. The van der Waals surface area contributed by atoms with E-state index >= 15 is 0 Å². The second-order valence-corrected chi connectivity index (χ2v) is 22.1. The molecule has 8 nitrogen and oxygen atoms in total. The van der Waals surface area contributed by atoms with Crippen LogP contribution in [0.4, 0.5) is 0 Å². The van der Waals surface area contributed by atoms with E-state index in [4.69, 9.17) is 9.05 Å². The van der Waals surface area contributed by atoms with Crippen LogP contribution in [-0.2, 0) is 18.4 Å². The van der Waals surface area contributed by atoms with Crippen molar-refractivity contribution in [2.24, 2.45) is 0 Å². The summed E-state index contributed by atoms with van der Waals surface area (Å²) in [7, 11) is 1.58. The van der Waals surface area contributed by atoms with Gasteiger partial charge in [-0.1, -0.05) is 249 Å². The lowest BCUT2D eigenvalue weighted by Gasteiger charge is -2.25. The molecule has 0 aromatic rings. The van der Waals surface area contributed by atoms with Gasteiger partial charge in [-0.3, -0.25) is 13.8 Å². The van der Waals surface area contributed by atoms with Crippen LogP contribution in [0.15, 0.2) is 36.5 Å². The fraction of sp³-hybridized carbons (Fsp3) is 0.877. The SMILES string of the molecule is CCCCC/C=C\C/C=C\CCCCCCCCCCCC(=O)NC(COP(=O)(O)OCC[N+](C)(C)C)C(O)/C=C/CCCCCCCCCCCCCCCCCCCCCCCCC. The van der Waals surface area contributed by atoms with Crippen LogP contribution in [0.1, 0.15) is 271 Å². The Morgan fingerprint density at radius 2 is 0.864 bits per heavy atom. The summed E-state index contributed by atoms with van der Waals surface area (Å²) >= 11 is 0. The molecule has 3 N–H and O–H groups in total. The van der Waals surface area contributed by atoms with Crippen LogP contribution in [0.2, 0.25) is 0 Å². The highest BCUT2D eigenvalue weighted by molar-refractivity contribution is 7.47. The maximum atomic E-state index is 13.0. The minimum Gasteiger partial charge on any atom is -0.387 e. The van der Waals surface area contributed by atoms with E-state index < -0.39 is 20.0 Å². The Hall–Kier alpha value is -1.28. The van der Waals surface area contributed by atoms with E-state index in [0.717, 1.165) is 44.9 Å². The van der Waals surface area contributed by atoms with Gasteiger partial charge in [0, 0.05) is 6.42 Å². The van der Waals surface area contributed by atoms with E-state index in [1.165, 1.54) is 205 Å². The van der Waals surface area contributed by atoms with Crippen LogP contribution < -0.4 is 5.32 Å². The second kappa shape index (κ2) is 48.7. The Bertz CT molecular complexity index is 1170. The van der Waals surface area contributed by atoms with Crippen molar-refractivity contribution in [2.45, 2.75) is 283 Å². The molecule has 0 heterocycles. The minimum atomic E-state index is -4.35. The van der Waals surface area contributed by atoms with Crippen LogP contribution in [0, 0.1) is 0 Å². The fourth-order valence-corrected chi connectivity index (χ4v) is 9.10. The van der Waals surface area contributed by atoms with Gasteiger partial charge in [0.1, 0.15) is 13.2 Å². The van der Waals surface area contributed by atoms with Gasteiger partial charge in [-0.05, 0) is 51.4 Å². The Balaban J connectivity index is 4.22. The van der Waals surface area contributed by atoms with E-state index in [9.17, 15) is 19.4 Å². The van der Waals surface area contributed by atoms with E-state index in [1.807, 2.05) is 27.2 Å². The number of rotatable bonds is 52. The molecule has 0 aliphatic rings. The third kappa shape index (κ3) is 50.6. The van der Waals surface area contributed by atoms with Crippen molar-refractivity contribution < 1.29 is 32.9 Å². The average molecular weight is 953 g/mol. The first-order chi connectivity index (χ1) is 32.0. The number of carbonyl (C=O) groups is 1. The predicted molar refractivity (Wildman–Crippen MR) is 286 cm³/mol. The third-order valence-corrected chi connectivity index (χ3v) is 13.8. The molecule has 0 aromatic carbocycles. The molecule has 3 unspecified atom stereocenters. The summed E-state index contributed by atoms with van der Waals surface area (Å²) < 4.78 is 23.7. The molecule has 0 aliphatic carbocycles. The Kier molecular flexibility index (Phi) is 47.8. The molecule has 0 fully saturated rings. The molecule has 0 saturated carbocycles. The van der Waals surface area contributed by atoms with Crippen LogP contribution in [-0.4, -0.2) is 73.4 Å². The molecular formula is C57H112N2O6P+. The number of hydrogen-bond donors (Lipinski definition) is 3. The zero-order valence-corrected chi connectivity index (χ0v) is 45.3. The van der Waals surface area contributed by atoms with Crippen molar-refractivity contribution in [1.29, 1.82) is 0 Å². The van der Waals surface area contributed by atoms with Gasteiger partial charge >= 0.3 is 7.82 Å². The van der Waals surface area contributed by atoms with Crippen LogP contribution in [0.25, 0.3) is 0 Å². The third-order valence-electron chi connectivity index (χ3n) is 12.9. The number of allylic oxidation sites excluding steroid dienone is 5. The summed E-state index contributed by atoms with van der Waals surface area (Å²) in [6.07, 6.45) is 62.4. The summed E-state index contributed by atoms with van der Waals surface area (Å²) in [6.45, 7) is 4.82. The Labute approximate surface area is 410 Å². The number of phosphoric acid groups is 1. The van der Waals surface area contributed by atoms with Gasteiger partial charge in [0.25, 0.3) is 0 Å². The van der Waals surface area contributed by atoms with Crippen molar-refractivity contribution in [1.82, 2.24) is 5.32 Å². The van der Waals surface area contributed by atoms with Crippen molar-refractivity contribution >= 4 is 13.7 Å². The molecule has 0 bridgehead atoms. The zero-order chi connectivity index (χ0) is 48.5. The number of carbonyl (C=O) groups excluding carboxylic acids is 1. The maximum Gasteiger partial charge on any atom is 0.472 e. The molecule has 0 radical (unpaired) electrons. The van der Waals surface area contributed by atoms with Gasteiger partial charge < -0.3 is 19.8 Å². The normalized spacial score (nSPS) is 14.2. The van der Waals surface area contributed by atoms with E-state index in [-0.39, 0.29) is 19.1 Å². The highest BCUT2D eigenvalue weighted by atomic mass is 31.2. The van der Waals surface area contributed by atoms with Gasteiger partial charge in [-0.2, -0.15) is 0 Å². The number of amides is 1. The first-order valence-electron chi connectivity index (χ1n) is 28.4. The summed E-state index contributed by atoms with van der Waals surface area (Å²) in [5.41, 5.74) is 0. The van der Waals surface area contributed by atoms with Gasteiger partial charge in [-0.25, -0.2) is 4.57 Å². The second-order valence-electron chi connectivity index (χ2n) is 20.7. The quantitative estimate of drug-likeness (QED) is 0.0243. The molecule has 0 rings (SSSR count). The highest BCUT2D eigenvalue weighted by Gasteiger charge is 2.27. The standard InChI is InChI=1S/C57H111N2O6P/c1-6-8-10-12-14-16-18-20-22-24-26-27-28-29-30-31-33-34-36-38-40-42-44-46-48-50-56(60)55(54-65-66(62,63)64-53-52-59(3,4)5)58-57(61)51-49-47-45-43-41-39-37-35-32-25-23-21-19-17-15-13-11-9-7-2/h15,17,21,23,48,50,55-56,60H,6-14,16,18-20,22,24-47,49,51-54H2,1-5H3,(H-,58,61,62,63)/p+1/b17-15-,23-21-,50-48+. The van der Waals surface area contributed by atoms with Crippen LogP contribution >= 0.6 is 7.82 Å². The summed E-state index contributed by atoms with van der Waals surface area (Å²) in [4.78, 5) is 23.3. The number of hydrogen-bond acceptors (Lipinski definition) is 5. The van der Waals surface area contributed by atoms with E-state index in [0.29, 0.717) is 17.4 Å². The number of aliphatic hydroxyl groups is 1. The van der Waals surface area contributed by atoms with E-state index in [2.05, 4.69) is 43.5 Å². The average Bonchev–Trinajstić information content (AvgIpc) is 3.28. The molecule has 9 heteroatoms. The van der Waals surface area contributed by atoms with Gasteiger partial charge in [0.05, 0.1) is 39.9 Å². The molecule has 0 aliphatic heterocycles. The first-order valence-corrected chi connectivity index (χ1v) is 29.9. The topological polar surface area (TPSA) is 105 Å². The molecular weight excluding hydrogens is 840 g/mol. The molecule has 66 heavy (non-hydrogen) atoms. The van der Waals surface area contributed by atoms with Crippen molar-refractivity contribution in [3.63, 3.8) is 0 Å². The van der Waals surface area contributed by atoms with Crippen molar-refractivity contribution in [2.75, 3.05) is 40.9 Å². The number of aliphatic hydroxyl groups excluding tert-OH is 1. The Morgan fingerprint density at radius 1 is 0.515 bits per heavy atom. The van der Waals surface area contributed by atoms with Gasteiger partial charge in [0.2, 0.25) is 5.91 Å². The lowest BCUT2D eigenvalue weighted by atomic mass is 10.0. The van der Waals surface area contributed by atoms with Gasteiger partial charge in [0.15, 0.2) is 0 Å².